The summed E-state index contributed by atoms with van der Waals surface area (Å²) in [5.41, 5.74) is 2.37. The van der Waals surface area contributed by atoms with E-state index in [1.54, 1.807) is 18.4 Å². The van der Waals surface area contributed by atoms with Gasteiger partial charge in [0.15, 0.2) is 0 Å². The second kappa shape index (κ2) is 7.05. The summed E-state index contributed by atoms with van der Waals surface area (Å²) in [5, 5.41) is 1.45. The van der Waals surface area contributed by atoms with Gasteiger partial charge in [-0.2, -0.15) is 4.98 Å². The van der Waals surface area contributed by atoms with Gasteiger partial charge in [0.2, 0.25) is 5.28 Å². The zero-order valence-electron chi connectivity index (χ0n) is 15.3. The molecule has 3 heterocycles. The molecule has 4 rings (SSSR count). The lowest BCUT2D eigenvalue weighted by molar-refractivity contribution is 0.415. The van der Waals surface area contributed by atoms with E-state index in [1.807, 2.05) is 12.1 Å². The minimum Gasteiger partial charge on any atom is -0.497 e. The third kappa shape index (κ3) is 3.14. The number of aromatic nitrogens is 2. The van der Waals surface area contributed by atoms with Gasteiger partial charge in [0.1, 0.15) is 16.4 Å². The molecule has 2 aromatic heterocycles. The number of piperidine rings is 1. The van der Waals surface area contributed by atoms with Crippen LogP contribution in [-0.4, -0.2) is 30.2 Å². The number of rotatable bonds is 3. The smallest absolute Gasteiger partial charge is 0.225 e. The molecule has 1 aromatic carbocycles. The summed E-state index contributed by atoms with van der Waals surface area (Å²) in [6, 6.07) is 8.20. The van der Waals surface area contributed by atoms with Crippen LogP contribution in [0.2, 0.25) is 5.28 Å². The van der Waals surface area contributed by atoms with E-state index in [2.05, 4.69) is 40.8 Å². The molecule has 0 aliphatic carbocycles. The standard InChI is InChI=1S/C20H22ClN3OS/c1-12-8-10-24(11-9-12)18-17-16(14-4-6-15(25-3)7-5-14)13(2)26-19(17)23-20(21)22-18/h4-7,12H,8-11H2,1-3H3. The number of fused-ring (bicyclic) bond motifs is 1. The third-order valence-electron chi connectivity index (χ3n) is 5.14. The van der Waals surface area contributed by atoms with Crippen molar-refractivity contribution in [3.63, 3.8) is 0 Å². The molecule has 4 nitrogen and oxygen atoms in total. The minimum absolute atomic E-state index is 0.327. The largest absolute Gasteiger partial charge is 0.497 e. The normalized spacial score (nSPS) is 15.6. The molecule has 1 aliphatic heterocycles. The van der Waals surface area contributed by atoms with Gasteiger partial charge in [-0.25, -0.2) is 4.98 Å². The summed E-state index contributed by atoms with van der Waals surface area (Å²) in [7, 11) is 1.69. The van der Waals surface area contributed by atoms with Gasteiger partial charge >= 0.3 is 0 Å². The van der Waals surface area contributed by atoms with E-state index in [0.29, 0.717) is 5.28 Å². The molecule has 0 radical (unpaired) electrons. The van der Waals surface area contributed by atoms with Crippen LogP contribution in [0.5, 0.6) is 5.75 Å². The Morgan fingerprint density at radius 1 is 1.15 bits per heavy atom. The summed E-state index contributed by atoms with van der Waals surface area (Å²) in [4.78, 5) is 13.7. The Morgan fingerprint density at radius 3 is 2.50 bits per heavy atom. The Balaban J connectivity index is 1.88. The number of hydrogen-bond donors (Lipinski definition) is 0. The lowest BCUT2D eigenvalue weighted by atomic mass is 9.98. The highest BCUT2D eigenvalue weighted by Gasteiger charge is 2.24. The zero-order chi connectivity index (χ0) is 18.3. The van der Waals surface area contributed by atoms with Gasteiger partial charge in [-0.1, -0.05) is 19.1 Å². The molecule has 26 heavy (non-hydrogen) atoms. The molecule has 0 atom stereocenters. The molecule has 1 saturated heterocycles. The molecule has 0 spiro atoms. The molecule has 0 amide bonds. The van der Waals surface area contributed by atoms with Gasteiger partial charge in [0, 0.05) is 23.5 Å². The van der Waals surface area contributed by atoms with Gasteiger partial charge in [-0.3, -0.25) is 0 Å². The molecular weight excluding hydrogens is 366 g/mol. The first-order valence-electron chi connectivity index (χ1n) is 8.93. The van der Waals surface area contributed by atoms with Crippen LogP contribution < -0.4 is 9.64 Å². The molecule has 1 fully saturated rings. The maximum atomic E-state index is 6.26. The number of nitrogens with zero attached hydrogens (tertiary/aromatic N) is 3. The van der Waals surface area contributed by atoms with Crippen LogP contribution in [0.4, 0.5) is 5.82 Å². The van der Waals surface area contributed by atoms with Crippen molar-refractivity contribution < 1.29 is 4.74 Å². The van der Waals surface area contributed by atoms with Crippen molar-refractivity contribution in [3.8, 4) is 16.9 Å². The fraction of sp³-hybridized carbons (Fsp3) is 0.400. The highest BCUT2D eigenvalue weighted by molar-refractivity contribution is 7.19. The Labute approximate surface area is 162 Å². The first-order valence-corrected chi connectivity index (χ1v) is 10.1. The summed E-state index contributed by atoms with van der Waals surface area (Å²) in [6.07, 6.45) is 2.37. The Kier molecular flexibility index (Phi) is 4.76. The van der Waals surface area contributed by atoms with E-state index < -0.39 is 0 Å². The van der Waals surface area contributed by atoms with Gasteiger partial charge in [-0.15, -0.1) is 11.3 Å². The summed E-state index contributed by atoms with van der Waals surface area (Å²) >= 11 is 7.94. The van der Waals surface area contributed by atoms with Crippen LogP contribution in [-0.2, 0) is 0 Å². The second-order valence-corrected chi connectivity index (χ2v) is 8.47. The van der Waals surface area contributed by atoms with Crippen LogP contribution in [0.15, 0.2) is 24.3 Å². The maximum absolute atomic E-state index is 6.26. The van der Waals surface area contributed by atoms with E-state index in [4.69, 9.17) is 16.3 Å². The molecule has 3 aromatic rings. The van der Waals surface area contributed by atoms with Crippen molar-refractivity contribution in [3.05, 3.63) is 34.4 Å². The van der Waals surface area contributed by atoms with Crippen molar-refractivity contribution in [2.45, 2.75) is 26.7 Å². The van der Waals surface area contributed by atoms with Gasteiger partial charge in [0.05, 0.1) is 12.5 Å². The molecule has 6 heteroatoms. The number of halogens is 1. The van der Waals surface area contributed by atoms with Crippen molar-refractivity contribution in [2.24, 2.45) is 5.92 Å². The van der Waals surface area contributed by atoms with E-state index in [0.717, 1.165) is 46.4 Å². The predicted molar refractivity (Wildman–Crippen MR) is 110 cm³/mol. The van der Waals surface area contributed by atoms with Gasteiger partial charge < -0.3 is 9.64 Å². The lowest BCUT2D eigenvalue weighted by Crippen LogP contribution is -2.33. The van der Waals surface area contributed by atoms with E-state index in [9.17, 15) is 0 Å². The monoisotopic (exact) mass is 387 g/mol. The third-order valence-corrected chi connectivity index (χ3v) is 6.31. The predicted octanol–water partition coefficient (Wildman–Crippen LogP) is 5.57. The number of anilines is 1. The molecule has 0 bridgehead atoms. The second-order valence-electron chi connectivity index (χ2n) is 6.93. The summed E-state index contributed by atoms with van der Waals surface area (Å²) in [5.74, 6) is 2.60. The Hall–Kier alpha value is -1.85. The zero-order valence-corrected chi connectivity index (χ0v) is 16.8. The van der Waals surface area contributed by atoms with Crippen molar-refractivity contribution in [1.29, 1.82) is 0 Å². The Morgan fingerprint density at radius 2 is 1.85 bits per heavy atom. The number of thiophene rings is 1. The number of aryl methyl sites for hydroxylation is 1. The number of hydrogen-bond acceptors (Lipinski definition) is 5. The molecule has 0 N–H and O–H groups in total. The highest BCUT2D eigenvalue weighted by atomic mass is 35.5. The van der Waals surface area contributed by atoms with Gasteiger partial charge in [0.25, 0.3) is 0 Å². The van der Waals surface area contributed by atoms with E-state index >= 15 is 0 Å². The average Bonchev–Trinajstić information content (AvgIpc) is 2.97. The lowest BCUT2D eigenvalue weighted by Gasteiger charge is -2.31. The Bertz CT molecular complexity index is 930. The van der Waals surface area contributed by atoms with E-state index in [-0.39, 0.29) is 0 Å². The number of ether oxygens (including phenoxy) is 1. The summed E-state index contributed by atoms with van der Waals surface area (Å²) < 4.78 is 5.30. The number of methoxy groups -OCH3 is 1. The quantitative estimate of drug-likeness (QED) is 0.551. The fourth-order valence-corrected chi connectivity index (χ4v) is 4.88. The molecule has 0 unspecified atom stereocenters. The van der Waals surface area contributed by atoms with Gasteiger partial charge in [-0.05, 0) is 55.0 Å². The van der Waals surface area contributed by atoms with Crippen molar-refractivity contribution >= 4 is 39.0 Å². The molecule has 1 aliphatic rings. The molecular formula is C20H22ClN3OS. The molecule has 0 saturated carbocycles. The van der Waals surface area contributed by atoms with E-state index in [1.165, 1.54) is 23.3 Å². The van der Waals surface area contributed by atoms with Crippen LogP contribution in [0.1, 0.15) is 24.6 Å². The van der Waals surface area contributed by atoms with Crippen LogP contribution >= 0.6 is 22.9 Å². The minimum atomic E-state index is 0.327. The fourth-order valence-electron chi connectivity index (χ4n) is 3.62. The topological polar surface area (TPSA) is 38.3 Å². The first-order chi connectivity index (χ1) is 12.6. The average molecular weight is 388 g/mol. The molecule has 136 valence electrons. The SMILES string of the molecule is COc1ccc(-c2c(C)sc3nc(Cl)nc(N4CCC(C)CC4)c23)cc1. The van der Waals surface area contributed by atoms with Crippen LogP contribution in [0.3, 0.4) is 0 Å². The van der Waals surface area contributed by atoms with Crippen LogP contribution in [0, 0.1) is 12.8 Å². The van der Waals surface area contributed by atoms with Crippen molar-refractivity contribution in [1.82, 2.24) is 9.97 Å². The van der Waals surface area contributed by atoms with Crippen LogP contribution in [0.25, 0.3) is 21.3 Å². The maximum Gasteiger partial charge on any atom is 0.225 e. The number of benzene rings is 1. The first kappa shape index (κ1) is 17.6. The van der Waals surface area contributed by atoms with Crippen molar-refractivity contribution in [2.75, 3.05) is 25.1 Å². The highest BCUT2D eigenvalue weighted by Crippen LogP contribution is 2.43. The summed E-state index contributed by atoms with van der Waals surface area (Å²) in [6.45, 7) is 6.49.